The van der Waals surface area contributed by atoms with Gasteiger partial charge in [0.2, 0.25) is 5.88 Å². The van der Waals surface area contributed by atoms with E-state index in [4.69, 9.17) is 10.5 Å². The van der Waals surface area contributed by atoms with E-state index in [1.54, 1.807) is 13.2 Å². The van der Waals surface area contributed by atoms with Crippen LogP contribution in [0.4, 0.5) is 0 Å². The summed E-state index contributed by atoms with van der Waals surface area (Å²) in [7, 11) is 1.59. The molecule has 15 heavy (non-hydrogen) atoms. The number of ether oxygens (including phenoxy) is 1. The van der Waals surface area contributed by atoms with Crippen molar-refractivity contribution in [2.75, 3.05) is 7.11 Å². The molecule has 0 radical (unpaired) electrons. The van der Waals surface area contributed by atoms with E-state index in [-0.39, 0.29) is 0 Å². The summed E-state index contributed by atoms with van der Waals surface area (Å²) in [6.45, 7) is 7.55. The number of aryl methyl sites for hydroxylation is 1. The largest absolute Gasteiger partial charge is 0.481 e. The Morgan fingerprint density at radius 3 is 2.73 bits per heavy atom. The van der Waals surface area contributed by atoms with Crippen LogP contribution in [0.1, 0.15) is 18.2 Å². The molecule has 80 valence electrons. The average Bonchev–Trinajstić information content (AvgIpc) is 2.27. The minimum Gasteiger partial charge on any atom is -0.481 e. The van der Waals surface area contributed by atoms with Gasteiger partial charge in [0.05, 0.1) is 12.8 Å². The third-order valence-corrected chi connectivity index (χ3v) is 2.29. The van der Waals surface area contributed by atoms with Crippen LogP contribution in [0.2, 0.25) is 0 Å². The minimum atomic E-state index is 0.590. The number of hydrogen-bond donors (Lipinski definition) is 1. The predicted molar refractivity (Wildman–Crippen MR) is 62.5 cm³/mol. The highest BCUT2D eigenvalue weighted by Gasteiger charge is 2.06. The molecular formula is C12H16N2O. The van der Waals surface area contributed by atoms with E-state index < -0.39 is 0 Å². The van der Waals surface area contributed by atoms with Crippen LogP contribution in [-0.2, 0) is 0 Å². The molecule has 0 aliphatic rings. The first-order valence-electron chi connectivity index (χ1n) is 4.71. The summed E-state index contributed by atoms with van der Waals surface area (Å²) in [4.78, 5) is 4.35. The number of nitrogens with two attached hydrogens (primary N) is 1. The molecule has 2 N–H and O–H groups in total. The van der Waals surface area contributed by atoms with Crippen molar-refractivity contribution in [2.24, 2.45) is 5.73 Å². The summed E-state index contributed by atoms with van der Waals surface area (Å²) in [5, 5.41) is 0. The lowest BCUT2D eigenvalue weighted by molar-refractivity contribution is 0.397. The second-order valence-corrected chi connectivity index (χ2v) is 3.30. The van der Waals surface area contributed by atoms with Crippen LogP contribution in [-0.4, -0.2) is 12.1 Å². The van der Waals surface area contributed by atoms with Crippen molar-refractivity contribution >= 4 is 5.57 Å². The molecule has 0 spiro atoms. The Hall–Kier alpha value is -1.77. The van der Waals surface area contributed by atoms with E-state index in [9.17, 15) is 0 Å². The first-order chi connectivity index (χ1) is 7.10. The van der Waals surface area contributed by atoms with E-state index in [2.05, 4.69) is 11.6 Å². The smallest absolute Gasteiger partial charge is 0.213 e. The Morgan fingerprint density at radius 2 is 2.20 bits per heavy atom. The number of hydrogen-bond acceptors (Lipinski definition) is 3. The summed E-state index contributed by atoms with van der Waals surface area (Å²) in [5.41, 5.74) is 9.27. The van der Waals surface area contributed by atoms with Gasteiger partial charge >= 0.3 is 0 Å². The van der Waals surface area contributed by atoms with Crippen molar-refractivity contribution in [1.29, 1.82) is 0 Å². The van der Waals surface area contributed by atoms with Crippen LogP contribution in [0.5, 0.6) is 5.88 Å². The normalized spacial score (nSPS) is 11.9. The quantitative estimate of drug-likeness (QED) is 0.768. The minimum absolute atomic E-state index is 0.590. The summed E-state index contributed by atoms with van der Waals surface area (Å²) >= 11 is 0. The van der Waals surface area contributed by atoms with Gasteiger partial charge in [0.15, 0.2) is 0 Å². The fourth-order valence-corrected chi connectivity index (χ4v) is 1.29. The van der Waals surface area contributed by atoms with E-state index in [1.807, 2.05) is 26.0 Å². The van der Waals surface area contributed by atoms with Crippen LogP contribution >= 0.6 is 0 Å². The lowest BCUT2D eigenvalue weighted by atomic mass is 10.1. The van der Waals surface area contributed by atoms with Gasteiger partial charge in [0, 0.05) is 11.8 Å². The van der Waals surface area contributed by atoms with Crippen LogP contribution < -0.4 is 10.5 Å². The fourth-order valence-electron chi connectivity index (χ4n) is 1.29. The monoisotopic (exact) mass is 204 g/mol. The van der Waals surface area contributed by atoms with Crippen LogP contribution in [0.15, 0.2) is 30.5 Å². The van der Waals surface area contributed by atoms with Crippen molar-refractivity contribution < 1.29 is 4.74 Å². The van der Waals surface area contributed by atoms with Gasteiger partial charge in [0.25, 0.3) is 0 Å². The molecule has 0 atom stereocenters. The van der Waals surface area contributed by atoms with Crippen molar-refractivity contribution in [3.05, 3.63) is 41.7 Å². The molecule has 1 aromatic rings. The Balaban J connectivity index is 3.30. The Morgan fingerprint density at radius 1 is 1.53 bits per heavy atom. The van der Waals surface area contributed by atoms with Crippen LogP contribution in [0.3, 0.4) is 0 Å². The summed E-state index contributed by atoms with van der Waals surface area (Å²) in [5.74, 6) is 0.590. The van der Waals surface area contributed by atoms with Gasteiger partial charge in [0.1, 0.15) is 0 Å². The summed E-state index contributed by atoms with van der Waals surface area (Å²) < 4.78 is 5.07. The number of methoxy groups -OCH3 is 1. The standard InChI is InChI=1S/C12H16N2O/c1-5-10(13)9(3)12-8(2)6-7-11(14-12)15-4/h5-7H,1,13H2,2-4H3/b10-9+. The maximum absolute atomic E-state index is 5.79. The fraction of sp³-hybridized carbons (Fsp3) is 0.250. The van der Waals surface area contributed by atoms with Gasteiger partial charge in [-0.25, -0.2) is 4.98 Å². The van der Waals surface area contributed by atoms with Crippen molar-refractivity contribution in [2.45, 2.75) is 13.8 Å². The number of pyridine rings is 1. The van der Waals surface area contributed by atoms with Crippen molar-refractivity contribution in [1.82, 2.24) is 4.98 Å². The van der Waals surface area contributed by atoms with Gasteiger partial charge in [-0.15, -0.1) is 0 Å². The van der Waals surface area contributed by atoms with E-state index >= 15 is 0 Å². The zero-order valence-electron chi connectivity index (χ0n) is 9.37. The van der Waals surface area contributed by atoms with Gasteiger partial charge in [-0.05, 0) is 31.1 Å². The maximum Gasteiger partial charge on any atom is 0.213 e. The SMILES string of the molecule is C=C/C(N)=C(/C)c1nc(OC)ccc1C. The molecule has 0 aliphatic heterocycles. The number of rotatable bonds is 3. The molecule has 0 fully saturated rings. The molecule has 0 saturated carbocycles. The number of nitrogens with zero attached hydrogens (tertiary/aromatic N) is 1. The van der Waals surface area contributed by atoms with Gasteiger partial charge < -0.3 is 10.5 Å². The summed E-state index contributed by atoms with van der Waals surface area (Å²) in [6, 6.07) is 3.79. The molecule has 1 aromatic heterocycles. The molecule has 0 aromatic carbocycles. The highest BCUT2D eigenvalue weighted by Crippen LogP contribution is 2.21. The number of allylic oxidation sites excluding steroid dienone is 2. The molecule has 1 heterocycles. The molecule has 0 aliphatic carbocycles. The molecule has 0 saturated heterocycles. The van der Waals surface area contributed by atoms with E-state index in [1.165, 1.54) is 0 Å². The first-order valence-corrected chi connectivity index (χ1v) is 4.71. The highest BCUT2D eigenvalue weighted by molar-refractivity contribution is 5.68. The second-order valence-electron chi connectivity index (χ2n) is 3.30. The van der Waals surface area contributed by atoms with Crippen LogP contribution in [0.25, 0.3) is 5.57 Å². The second kappa shape index (κ2) is 4.64. The molecule has 0 amide bonds. The van der Waals surface area contributed by atoms with Gasteiger partial charge in [-0.3, -0.25) is 0 Å². The zero-order chi connectivity index (χ0) is 11.4. The van der Waals surface area contributed by atoms with Crippen molar-refractivity contribution in [3.8, 4) is 5.88 Å². The lowest BCUT2D eigenvalue weighted by Gasteiger charge is -2.08. The first kappa shape index (κ1) is 11.3. The Labute approximate surface area is 90.3 Å². The zero-order valence-corrected chi connectivity index (χ0v) is 9.37. The molecular weight excluding hydrogens is 188 g/mol. The molecule has 3 heteroatoms. The summed E-state index contributed by atoms with van der Waals surface area (Å²) in [6.07, 6.45) is 1.62. The predicted octanol–water partition coefficient (Wildman–Crippen LogP) is 2.27. The molecule has 1 rings (SSSR count). The Bertz CT molecular complexity index is 408. The average molecular weight is 204 g/mol. The van der Waals surface area contributed by atoms with Crippen molar-refractivity contribution in [3.63, 3.8) is 0 Å². The molecule has 3 nitrogen and oxygen atoms in total. The van der Waals surface area contributed by atoms with Gasteiger partial charge in [-0.1, -0.05) is 12.6 Å². The van der Waals surface area contributed by atoms with Gasteiger partial charge in [-0.2, -0.15) is 0 Å². The van der Waals surface area contributed by atoms with Crippen LogP contribution in [0, 0.1) is 6.92 Å². The molecule has 0 bridgehead atoms. The highest BCUT2D eigenvalue weighted by atomic mass is 16.5. The Kier molecular flexibility index (Phi) is 3.50. The topological polar surface area (TPSA) is 48.1 Å². The third-order valence-electron chi connectivity index (χ3n) is 2.29. The van der Waals surface area contributed by atoms with E-state index in [0.717, 1.165) is 16.8 Å². The third kappa shape index (κ3) is 2.37. The molecule has 0 unspecified atom stereocenters. The number of aromatic nitrogens is 1. The van der Waals surface area contributed by atoms with E-state index in [0.29, 0.717) is 11.6 Å². The maximum atomic E-state index is 5.79. The lowest BCUT2D eigenvalue weighted by Crippen LogP contribution is -2.01.